The molecule has 0 spiro atoms. The zero-order valence-electron chi connectivity index (χ0n) is 20.3. The quantitative estimate of drug-likeness (QED) is 0.463. The maximum absolute atomic E-state index is 10.00. The first kappa shape index (κ1) is 22.4. The highest BCUT2D eigenvalue weighted by Crippen LogP contribution is 2.34. The van der Waals surface area contributed by atoms with Gasteiger partial charge in [0.2, 0.25) is 5.95 Å². The van der Waals surface area contributed by atoms with E-state index in [2.05, 4.69) is 21.9 Å². The summed E-state index contributed by atoms with van der Waals surface area (Å²) in [4.78, 5) is 11.8. The molecule has 4 aromatic rings. The maximum atomic E-state index is 10.00. The molecule has 0 aliphatic carbocycles. The lowest BCUT2D eigenvalue weighted by atomic mass is 9.89. The minimum absolute atomic E-state index is 0.0899. The van der Waals surface area contributed by atoms with E-state index in [-0.39, 0.29) is 12.0 Å². The number of aromatic nitrogens is 6. The predicted octanol–water partition coefficient (Wildman–Crippen LogP) is 2.95. The van der Waals surface area contributed by atoms with Crippen LogP contribution in [0.5, 0.6) is 5.75 Å². The Morgan fingerprint density at radius 2 is 1.97 bits per heavy atom. The van der Waals surface area contributed by atoms with Crippen molar-refractivity contribution in [2.75, 3.05) is 30.8 Å². The minimum atomic E-state index is -0.476. The maximum Gasteiger partial charge on any atom is 0.223 e. The minimum Gasteiger partial charge on any atom is -0.497 e. The molecule has 3 aromatic heterocycles. The van der Waals surface area contributed by atoms with Crippen molar-refractivity contribution in [2.24, 2.45) is 5.92 Å². The number of methoxy groups -OCH3 is 1. The number of aryl methyl sites for hydroxylation is 1. The van der Waals surface area contributed by atoms with Crippen LogP contribution >= 0.6 is 0 Å². The number of anilines is 2. The highest BCUT2D eigenvalue weighted by Gasteiger charge is 2.31. The Balaban J connectivity index is 1.50. The first-order chi connectivity index (χ1) is 16.2. The fourth-order valence-electron chi connectivity index (χ4n) is 4.87. The smallest absolute Gasteiger partial charge is 0.223 e. The third kappa shape index (κ3) is 3.81. The van der Waals surface area contributed by atoms with Gasteiger partial charge in [0, 0.05) is 36.7 Å². The molecule has 0 saturated carbocycles. The van der Waals surface area contributed by atoms with E-state index in [1.165, 1.54) is 0 Å². The first-order valence-corrected chi connectivity index (χ1v) is 11.7. The Morgan fingerprint density at radius 1 is 1.18 bits per heavy atom. The molecule has 1 aliphatic rings. The molecule has 4 heterocycles. The summed E-state index contributed by atoms with van der Waals surface area (Å²) in [5, 5.41) is 20.3. The number of hydrogen-bond donors (Lipinski definition) is 2. The topological polar surface area (TPSA) is 120 Å². The molecule has 0 radical (unpaired) electrons. The normalized spacial score (nSPS) is 20.7. The van der Waals surface area contributed by atoms with Gasteiger partial charge in [-0.25, -0.2) is 9.97 Å². The molecule has 1 aromatic carbocycles. The summed E-state index contributed by atoms with van der Waals surface area (Å²) in [7, 11) is 1.63. The second kappa shape index (κ2) is 8.43. The summed E-state index contributed by atoms with van der Waals surface area (Å²) in [6.07, 6.45) is 2.56. The number of benzene rings is 1. The highest BCUT2D eigenvalue weighted by atomic mass is 16.5. The molecule has 180 valence electrons. The van der Waals surface area contributed by atoms with E-state index in [1.54, 1.807) is 18.5 Å². The van der Waals surface area contributed by atoms with Crippen molar-refractivity contribution in [2.45, 2.75) is 52.2 Å². The van der Waals surface area contributed by atoms with Gasteiger partial charge in [-0.1, -0.05) is 6.92 Å². The average molecular weight is 465 g/mol. The molecule has 4 atom stereocenters. The largest absolute Gasteiger partial charge is 0.497 e. The van der Waals surface area contributed by atoms with Gasteiger partial charge in [0.1, 0.15) is 5.75 Å². The van der Waals surface area contributed by atoms with Crippen LogP contribution in [0.3, 0.4) is 0 Å². The lowest BCUT2D eigenvalue weighted by Crippen LogP contribution is -2.39. The third-order valence-electron chi connectivity index (χ3n) is 6.89. The van der Waals surface area contributed by atoms with Crippen LogP contribution in [0.15, 0.2) is 24.4 Å². The Hall–Kier alpha value is -3.40. The van der Waals surface area contributed by atoms with Crippen LogP contribution in [-0.2, 0) is 0 Å². The summed E-state index contributed by atoms with van der Waals surface area (Å²) in [5.41, 5.74) is 9.73. The van der Waals surface area contributed by atoms with E-state index in [4.69, 9.17) is 20.6 Å². The summed E-state index contributed by atoms with van der Waals surface area (Å²) in [5.74, 6) is 2.41. The zero-order chi connectivity index (χ0) is 24.1. The van der Waals surface area contributed by atoms with Crippen LogP contribution in [0, 0.1) is 12.8 Å². The lowest BCUT2D eigenvalue weighted by Gasteiger charge is -2.36. The summed E-state index contributed by atoms with van der Waals surface area (Å²) >= 11 is 0. The zero-order valence-corrected chi connectivity index (χ0v) is 20.3. The first-order valence-electron chi connectivity index (χ1n) is 11.7. The van der Waals surface area contributed by atoms with Crippen molar-refractivity contribution in [3.8, 4) is 5.75 Å². The predicted molar refractivity (Wildman–Crippen MR) is 131 cm³/mol. The second-order valence-electron chi connectivity index (χ2n) is 9.56. The summed E-state index contributed by atoms with van der Waals surface area (Å²) < 4.78 is 8.83. The molecule has 10 heteroatoms. The summed E-state index contributed by atoms with van der Waals surface area (Å²) in [6.45, 7) is 9.76. The third-order valence-corrected chi connectivity index (χ3v) is 6.89. The molecule has 3 N–H and O–H groups in total. The van der Waals surface area contributed by atoms with E-state index in [0.29, 0.717) is 17.5 Å². The molecule has 10 nitrogen and oxygen atoms in total. The number of nitrogen functional groups attached to an aromatic ring is 1. The van der Waals surface area contributed by atoms with Gasteiger partial charge in [0.15, 0.2) is 11.5 Å². The van der Waals surface area contributed by atoms with Gasteiger partial charge in [-0.05, 0) is 45.2 Å². The van der Waals surface area contributed by atoms with Gasteiger partial charge in [-0.15, -0.1) is 5.10 Å². The number of piperidine rings is 1. The van der Waals surface area contributed by atoms with Crippen LogP contribution in [-0.4, -0.2) is 60.8 Å². The number of nitrogens with two attached hydrogens (primary N) is 1. The molecule has 34 heavy (non-hydrogen) atoms. The molecule has 5 rings (SSSR count). The molecule has 1 aliphatic heterocycles. The molecule has 1 saturated heterocycles. The molecule has 0 amide bonds. The van der Waals surface area contributed by atoms with Crippen molar-refractivity contribution < 1.29 is 9.84 Å². The number of nitrogens with zero attached hydrogens (tertiary/aromatic N) is 7. The van der Waals surface area contributed by atoms with Crippen LogP contribution in [0.4, 0.5) is 11.6 Å². The van der Waals surface area contributed by atoms with Gasteiger partial charge in [0.25, 0.3) is 0 Å². The van der Waals surface area contributed by atoms with Crippen LogP contribution < -0.4 is 15.4 Å². The van der Waals surface area contributed by atoms with Crippen molar-refractivity contribution >= 4 is 28.2 Å². The Kier molecular flexibility index (Phi) is 5.55. The van der Waals surface area contributed by atoms with Gasteiger partial charge >= 0.3 is 0 Å². The number of fused-ring (bicyclic) bond motifs is 3. The standard InChI is InChI=1S/C24H32N8O2/c1-13-8-17(11-30(10-13)21-12-31(28-14(21)2)15(3)16(4)33)22-27-23-19-7-6-18(34-5)9-20(19)26-24(25)32(23)29-22/h6-7,9,12-13,15-17,33H,8,10-11H2,1-5H3,(H2,25,26)/t13-,15?,16?,17+/m0/s1. The van der Waals surface area contributed by atoms with Crippen molar-refractivity contribution in [3.63, 3.8) is 0 Å². The van der Waals surface area contributed by atoms with Crippen molar-refractivity contribution in [1.29, 1.82) is 0 Å². The lowest BCUT2D eigenvalue weighted by molar-refractivity contribution is 0.132. The molecule has 2 unspecified atom stereocenters. The molecule has 1 fully saturated rings. The van der Waals surface area contributed by atoms with Gasteiger partial charge < -0.3 is 20.5 Å². The summed E-state index contributed by atoms with van der Waals surface area (Å²) in [6, 6.07) is 5.62. The van der Waals surface area contributed by atoms with Gasteiger partial charge in [-0.2, -0.15) is 9.61 Å². The van der Waals surface area contributed by atoms with Gasteiger partial charge in [0.05, 0.1) is 36.2 Å². The number of hydrogen-bond acceptors (Lipinski definition) is 8. The fourth-order valence-corrected chi connectivity index (χ4v) is 4.87. The van der Waals surface area contributed by atoms with Crippen LogP contribution in [0.25, 0.3) is 16.6 Å². The average Bonchev–Trinajstić information content (AvgIpc) is 3.42. The van der Waals surface area contributed by atoms with E-state index in [9.17, 15) is 5.11 Å². The Morgan fingerprint density at radius 3 is 2.71 bits per heavy atom. The number of ether oxygens (including phenoxy) is 1. The fraction of sp³-hybridized carbons (Fsp3) is 0.500. The number of rotatable bonds is 5. The monoisotopic (exact) mass is 464 g/mol. The van der Waals surface area contributed by atoms with Crippen molar-refractivity contribution in [1.82, 2.24) is 29.4 Å². The van der Waals surface area contributed by atoms with E-state index >= 15 is 0 Å². The second-order valence-corrected chi connectivity index (χ2v) is 9.56. The Labute approximate surface area is 198 Å². The SMILES string of the molecule is COc1ccc2c(c1)nc(N)n1nc([C@@H]3C[C@H](C)CN(c4cn(C(C)C(C)O)nc4C)C3)nc21. The van der Waals surface area contributed by atoms with Crippen LogP contribution in [0.1, 0.15) is 50.7 Å². The number of aliphatic hydroxyl groups excluding tert-OH is 1. The van der Waals surface area contributed by atoms with Gasteiger partial charge in [-0.3, -0.25) is 4.68 Å². The highest BCUT2D eigenvalue weighted by molar-refractivity contribution is 5.93. The Bertz CT molecular complexity index is 1340. The molecular weight excluding hydrogens is 432 g/mol. The van der Waals surface area contributed by atoms with Crippen molar-refractivity contribution in [3.05, 3.63) is 35.9 Å². The van der Waals surface area contributed by atoms with E-state index in [0.717, 1.165) is 53.4 Å². The molecular formula is C24H32N8O2. The van der Waals surface area contributed by atoms with Crippen LogP contribution in [0.2, 0.25) is 0 Å². The number of aliphatic hydroxyl groups is 1. The van der Waals surface area contributed by atoms with E-state index < -0.39 is 6.10 Å². The van der Waals surface area contributed by atoms with E-state index in [1.807, 2.05) is 42.9 Å². The molecule has 0 bridgehead atoms.